The Bertz CT molecular complexity index is 1080. The topological polar surface area (TPSA) is 89.0 Å². The Balaban J connectivity index is 1.54. The van der Waals surface area contributed by atoms with Crippen molar-refractivity contribution in [2.24, 2.45) is 0 Å². The molecule has 9 nitrogen and oxygen atoms in total. The van der Waals surface area contributed by atoms with Crippen LogP contribution in [-0.2, 0) is 9.47 Å². The summed E-state index contributed by atoms with van der Waals surface area (Å²) in [6.45, 7) is 7.25. The third-order valence-corrected chi connectivity index (χ3v) is 6.55. The SMILES string of the molecule is CCN(CCOC)c1ccc(C(=O)Nc2nc3c(OC)ccc(N4CCOCC4)c3s2)cn1. The van der Waals surface area contributed by atoms with Crippen molar-refractivity contribution in [2.45, 2.75) is 6.92 Å². The minimum absolute atomic E-state index is 0.250. The maximum atomic E-state index is 12.9. The summed E-state index contributed by atoms with van der Waals surface area (Å²) in [7, 11) is 3.30. The molecule has 4 rings (SSSR count). The number of hydrogen-bond acceptors (Lipinski definition) is 9. The van der Waals surface area contributed by atoms with Gasteiger partial charge < -0.3 is 24.0 Å². The van der Waals surface area contributed by atoms with Crippen LogP contribution in [-0.4, -0.2) is 76.1 Å². The highest BCUT2D eigenvalue weighted by Gasteiger charge is 2.20. The smallest absolute Gasteiger partial charge is 0.259 e. The Labute approximate surface area is 197 Å². The zero-order valence-corrected chi connectivity index (χ0v) is 20.0. The van der Waals surface area contributed by atoms with Gasteiger partial charge in [-0.2, -0.15) is 0 Å². The number of fused-ring (bicyclic) bond motifs is 1. The molecule has 1 aliphatic rings. The van der Waals surface area contributed by atoms with Crippen molar-refractivity contribution in [3.63, 3.8) is 0 Å². The molecule has 176 valence electrons. The van der Waals surface area contributed by atoms with Crippen LogP contribution in [0.2, 0.25) is 0 Å². The molecule has 2 aromatic heterocycles. The minimum Gasteiger partial charge on any atom is -0.494 e. The monoisotopic (exact) mass is 471 g/mol. The number of morpholine rings is 1. The predicted octanol–water partition coefficient (Wildman–Crippen LogP) is 3.26. The van der Waals surface area contributed by atoms with E-state index in [2.05, 4.69) is 32.0 Å². The number of nitrogens with zero attached hydrogens (tertiary/aromatic N) is 4. The van der Waals surface area contributed by atoms with Gasteiger partial charge in [-0.1, -0.05) is 11.3 Å². The summed E-state index contributed by atoms with van der Waals surface area (Å²) in [5.41, 5.74) is 2.29. The van der Waals surface area contributed by atoms with E-state index in [9.17, 15) is 4.79 Å². The standard InChI is InChI=1S/C23H29N5O4S/c1-4-27(9-12-30-2)19-8-5-16(15-24-19)22(29)26-23-25-20-18(31-3)7-6-17(21(20)33-23)28-10-13-32-14-11-28/h5-8,15H,4,9-14H2,1-3H3,(H,25,26,29). The van der Waals surface area contributed by atoms with E-state index in [0.29, 0.717) is 36.3 Å². The van der Waals surface area contributed by atoms with Gasteiger partial charge in [-0.05, 0) is 31.2 Å². The number of aromatic nitrogens is 2. The average Bonchev–Trinajstić information content (AvgIpc) is 3.28. The molecule has 1 amide bonds. The van der Waals surface area contributed by atoms with E-state index in [1.165, 1.54) is 11.3 Å². The maximum absolute atomic E-state index is 12.9. The number of nitrogens with one attached hydrogen (secondary N) is 1. The summed E-state index contributed by atoms with van der Waals surface area (Å²) in [4.78, 5) is 26.4. The quantitative estimate of drug-likeness (QED) is 0.509. The average molecular weight is 472 g/mol. The van der Waals surface area contributed by atoms with E-state index in [-0.39, 0.29) is 5.91 Å². The first-order chi connectivity index (χ1) is 16.1. The zero-order valence-electron chi connectivity index (χ0n) is 19.2. The first kappa shape index (κ1) is 23.2. The second-order valence-electron chi connectivity index (χ2n) is 7.51. The lowest BCUT2D eigenvalue weighted by molar-refractivity contribution is 0.102. The van der Waals surface area contributed by atoms with Gasteiger partial charge in [0.1, 0.15) is 17.1 Å². The molecule has 0 unspecified atom stereocenters. The van der Waals surface area contributed by atoms with Crippen LogP contribution < -0.4 is 19.9 Å². The molecule has 3 heterocycles. The number of carbonyl (C=O) groups excluding carboxylic acids is 1. The summed E-state index contributed by atoms with van der Waals surface area (Å²) in [5, 5.41) is 3.44. The maximum Gasteiger partial charge on any atom is 0.259 e. The molecule has 3 aromatic rings. The molecule has 1 aliphatic heterocycles. The Hall–Kier alpha value is -2.95. The number of pyridine rings is 1. The Kier molecular flexibility index (Phi) is 7.58. The predicted molar refractivity (Wildman–Crippen MR) is 131 cm³/mol. The van der Waals surface area contributed by atoms with E-state index >= 15 is 0 Å². The first-order valence-electron chi connectivity index (χ1n) is 11.0. The number of likely N-dealkylation sites (N-methyl/N-ethyl adjacent to an activating group) is 1. The highest BCUT2D eigenvalue weighted by atomic mass is 32.1. The van der Waals surface area contributed by atoms with Gasteiger partial charge in [-0.25, -0.2) is 9.97 Å². The number of rotatable bonds is 9. The molecule has 0 spiro atoms. The number of anilines is 3. The van der Waals surface area contributed by atoms with Gasteiger partial charge in [0, 0.05) is 39.5 Å². The molecule has 0 aliphatic carbocycles. The van der Waals surface area contributed by atoms with Crippen LogP contribution in [0, 0.1) is 0 Å². The Morgan fingerprint density at radius 1 is 1.24 bits per heavy atom. The van der Waals surface area contributed by atoms with Gasteiger partial charge in [-0.3, -0.25) is 10.1 Å². The van der Waals surface area contributed by atoms with Gasteiger partial charge in [0.05, 0.1) is 42.9 Å². The zero-order chi connectivity index (χ0) is 23.2. The van der Waals surface area contributed by atoms with Gasteiger partial charge in [0.25, 0.3) is 5.91 Å². The number of amides is 1. The summed E-state index contributed by atoms with van der Waals surface area (Å²) in [6.07, 6.45) is 1.59. The van der Waals surface area contributed by atoms with Crippen LogP contribution in [0.1, 0.15) is 17.3 Å². The van der Waals surface area contributed by atoms with Gasteiger partial charge in [-0.15, -0.1) is 0 Å². The molecule has 0 saturated carbocycles. The number of ether oxygens (including phenoxy) is 3. The molecule has 33 heavy (non-hydrogen) atoms. The van der Waals surface area contributed by atoms with Crippen LogP contribution in [0.5, 0.6) is 5.75 Å². The molecule has 0 radical (unpaired) electrons. The van der Waals surface area contributed by atoms with Gasteiger partial charge in [0.15, 0.2) is 5.13 Å². The number of methoxy groups -OCH3 is 2. The highest BCUT2D eigenvalue weighted by Crippen LogP contribution is 2.39. The fourth-order valence-electron chi connectivity index (χ4n) is 3.75. The summed E-state index contributed by atoms with van der Waals surface area (Å²) in [5.74, 6) is 1.24. The van der Waals surface area contributed by atoms with Crippen molar-refractivity contribution in [3.8, 4) is 5.75 Å². The molecular formula is C23H29N5O4S. The van der Waals surface area contributed by atoms with Crippen molar-refractivity contribution in [1.82, 2.24) is 9.97 Å². The van der Waals surface area contributed by atoms with Crippen LogP contribution in [0.3, 0.4) is 0 Å². The van der Waals surface area contributed by atoms with E-state index < -0.39 is 0 Å². The fourth-order valence-corrected chi connectivity index (χ4v) is 4.77. The molecule has 1 N–H and O–H groups in total. The number of thiazole rings is 1. The lowest BCUT2D eigenvalue weighted by Gasteiger charge is -2.29. The number of benzene rings is 1. The van der Waals surface area contributed by atoms with Crippen molar-refractivity contribution in [2.75, 3.05) is 75.3 Å². The normalized spacial score (nSPS) is 13.8. The van der Waals surface area contributed by atoms with Gasteiger partial charge >= 0.3 is 0 Å². The van der Waals surface area contributed by atoms with Crippen molar-refractivity contribution < 1.29 is 19.0 Å². The second kappa shape index (κ2) is 10.8. The third kappa shape index (κ3) is 5.18. The Morgan fingerprint density at radius 3 is 2.73 bits per heavy atom. The van der Waals surface area contributed by atoms with Crippen molar-refractivity contribution >= 4 is 44.1 Å². The molecule has 10 heteroatoms. The third-order valence-electron chi connectivity index (χ3n) is 5.56. The van der Waals surface area contributed by atoms with Crippen LogP contribution in [0.4, 0.5) is 16.6 Å². The van der Waals surface area contributed by atoms with Crippen molar-refractivity contribution in [3.05, 3.63) is 36.0 Å². The molecule has 1 aromatic carbocycles. The molecule has 1 saturated heterocycles. The largest absolute Gasteiger partial charge is 0.494 e. The van der Waals surface area contributed by atoms with Crippen LogP contribution >= 0.6 is 11.3 Å². The lowest BCUT2D eigenvalue weighted by atomic mass is 10.2. The lowest BCUT2D eigenvalue weighted by Crippen LogP contribution is -2.36. The van der Waals surface area contributed by atoms with Gasteiger partial charge in [0.2, 0.25) is 0 Å². The second-order valence-corrected chi connectivity index (χ2v) is 8.51. The summed E-state index contributed by atoms with van der Waals surface area (Å²) >= 11 is 1.44. The van der Waals surface area contributed by atoms with Crippen LogP contribution in [0.25, 0.3) is 10.2 Å². The minimum atomic E-state index is -0.250. The molecule has 1 fully saturated rings. The van der Waals surface area contributed by atoms with E-state index in [1.807, 2.05) is 18.2 Å². The summed E-state index contributed by atoms with van der Waals surface area (Å²) < 4.78 is 17.1. The summed E-state index contributed by atoms with van der Waals surface area (Å²) in [6, 6.07) is 7.60. The molecule has 0 bridgehead atoms. The van der Waals surface area contributed by atoms with E-state index in [4.69, 9.17) is 14.2 Å². The highest BCUT2D eigenvalue weighted by molar-refractivity contribution is 7.23. The molecule has 0 atom stereocenters. The Morgan fingerprint density at radius 2 is 2.06 bits per heavy atom. The van der Waals surface area contributed by atoms with Crippen molar-refractivity contribution in [1.29, 1.82) is 0 Å². The number of hydrogen-bond donors (Lipinski definition) is 1. The van der Waals surface area contributed by atoms with E-state index in [1.54, 1.807) is 26.5 Å². The number of carbonyl (C=O) groups is 1. The first-order valence-corrected chi connectivity index (χ1v) is 11.8. The van der Waals surface area contributed by atoms with Crippen LogP contribution in [0.15, 0.2) is 30.5 Å². The van der Waals surface area contributed by atoms with E-state index in [0.717, 1.165) is 47.9 Å². The molecular weight excluding hydrogens is 442 g/mol. The fraction of sp³-hybridized carbons (Fsp3) is 0.435.